The first-order chi connectivity index (χ1) is 9.26. The lowest BCUT2D eigenvalue weighted by atomic mass is 10.2. The molecule has 0 aliphatic carbocycles. The molecule has 0 saturated heterocycles. The van der Waals surface area contributed by atoms with Crippen molar-refractivity contribution >= 4 is 11.6 Å². The maximum absolute atomic E-state index is 5.44. The van der Waals surface area contributed by atoms with Gasteiger partial charge in [0, 0.05) is 37.5 Å². The highest BCUT2D eigenvalue weighted by atomic mass is 15.3. The molecule has 7 heteroatoms. The summed E-state index contributed by atoms with van der Waals surface area (Å²) in [5.41, 5.74) is 4.77. The van der Waals surface area contributed by atoms with Crippen molar-refractivity contribution in [3.8, 4) is 0 Å². The van der Waals surface area contributed by atoms with E-state index in [0.717, 1.165) is 30.8 Å². The number of aryl methyl sites for hydroxylation is 1. The van der Waals surface area contributed by atoms with Gasteiger partial charge in [0.2, 0.25) is 0 Å². The fraction of sp³-hybridized carbons (Fsp3) is 0.417. The fourth-order valence-corrected chi connectivity index (χ4v) is 1.98. The van der Waals surface area contributed by atoms with Gasteiger partial charge >= 0.3 is 0 Å². The molecule has 2 rings (SSSR count). The molecule has 19 heavy (non-hydrogen) atoms. The first kappa shape index (κ1) is 13.3. The van der Waals surface area contributed by atoms with Crippen molar-refractivity contribution in [1.82, 2.24) is 19.7 Å². The molecule has 0 atom stereocenters. The summed E-state index contributed by atoms with van der Waals surface area (Å²) in [5, 5.41) is 7.46. The van der Waals surface area contributed by atoms with E-state index < -0.39 is 0 Å². The molecule has 0 unspecified atom stereocenters. The molecule has 2 aromatic rings. The van der Waals surface area contributed by atoms with Crippen LogP contribution in [0.4, 0.5) is 11.6 Å². The van der Waals surface area contributed by atoms with Gasteiger partial charge in [0.15, 0.2) is 0 Å². The molecule has 0 aliphatic heterocycles. The molecule has 7 nitrogen and oxygen atoms in total. The molecular formula is C12H19N7. The molecule has 2 heterocycles. The fourth-order valence-electron chi connectivity index (χ4n) is 1.98. The van der Waals surface area contributed by atoms with E-state index >= 15 is 0 Å². The van der Waals surface area contributed by atoms with Gasteiger partial charge in [-0.05, 0) is 12.5 Å². The number of hydrazine groups is 1. The third kappa shape index (κ3) is 3.00. The van der Waals surface area contributed by atoms with Crippen LogP contribution in [0.2, 0.25) is 0 Å². The molecule has 0 aromatic carbocycles. The Morgan fingerprint density at radius 2 is 2.11 bits per heavy atom. The van der Waals surface area contributed by atoms with E-state index in [1.807, 2.05) is 24.7 Å². The van der Waals surface area contributed by atoms with E-state index in [0.29, 0.717) is 5.82 Å². The molecule has 0 amide bonds. The minimum Gasteiger partial charge on any atom is -0.369 e. The largest absolute Gasteiger partial charge is 0.369 e. The Kier molecular flexibility index (Phi) is 4.30. The summed E-state index contributed by atoms with van der Waals surface area (Å²) in [6.45, 7) is 2.83. The zero-order valence-corrected chi connectivity index (χ0v) is 11.2. The summed E-state index contributed by atoms with van der Waals surface area (Å²) in [5.74, 6) is 6.93. The van der Waals surface area contributed by atoms with Crippen LogP contribution in [-0.2, 0) is 19.9 Å². The minimum atomic E-state index is 0.667. The van der Waals surface area contributed by atoms with Crippen LogP contribution >= 0.6 is 0 Å². The van der Waals surface area contributed by atoms with E-state index in [1.54, 1.807) is 6.20 Å². The normalized spacial score (nSPS) is 10.5. The Morgan fingerprint density at radius 1 is 1.32 bits per heavy atom. The van der Waals surface area contributed by atoms with Crippen LogP contribution in [0.5, 0.6) is 0 Å². The quantitative estimate of drug-likeness (QED) is 0.524. The number of rotatable bonds is 6. The van der Waals surface area contributed by atoms with Gasteiger partial charge in [0.25, 0.3) is 0 Å². The predicted molar refractivity (Wildman–Crippen MR) is 74.6 cm³/mol. The molecule has 0 bridgehead atoms. The van der Waals surface area contributed by atoms with E-state index in [4.69, 9.17) is 5.84 Å². The van der Waals surface area contributed by atoms with Crippen LogP contribution in [0, 0.1) is 0 Å². The summed E-state index contributed by atoms with van der Waals surface area (Å²) in [7, 11) is 1.94. The Bertz CT molecular complexity index is 535. The number of nitrogens with two attached hydrogens (primary N) is 1. The van der Waals surface area contributed by atoms with Crippen molar-refractivity contribution in [2.45, 2.75) is 19.8 Å². The first-order valence-electron chi connectivity index (χ1n) is 6.27. The number of nitrogens with one attached hydrogen (secondary N) is 2. The molecular weight excluding hydrogens is 242 g/mol. The van der Waals surface area contributed by atoms with Gasteiger partial charge < -0.3 is 10.7 Å². The molecule has 0 aliphatic rings. The van der Waals surface area contributed by atoms with Gasteiger partial charge in [-0.3, -0.25) is 4.68 Å². The maximum Gasteiger partial charge on any atom is 0.148 e. The summed E-state index contributed by atoms with van der Waals surface area (Å²) in [6.07, 6.45) is 5.00. The molecule has 0 spiro atoms. The Hall–Kier alpha value is -2.15. The second-order valence-corrected chi connectivity index (χ2v) is 4.17. The van der Waals surface area contributed by atoms with E-state index in [2.05, 4.69) is 25.8 Å². The standard InChI is InChI=1S/C12H19N7/c1-3-10-11(15-8-16-12(10)18-13)14-6-4-9-5-7-17-19(9)2/h5,7-8H,3-4,6,13H2,1-2H3,(H2,14,15,16,18). The van der Waals surface area contributed by atoms with Gasteiger partial charge in [0.1, 0.15) is 18.0 Å². The summed E-state index contributed by atoms with van der Waals surface area (Å²) in [4.78, 5) is 8.36. The number of nitrogens with zero attached hydrogens (tertiary/aromatic N) is 4. The van der Waals surface area contributed by atoms with Crippen LogP contribution in [0.25, 0.3) is 0 Å². The van der Waals surface area contributed by atoms with Crippen molar-refractivity contribution in [2.24, 2.45) is 12.9 Å². The Balaban J connectivity index is 2.01. The zero-order chi connectivity index (χ0) is 13.7. The Labute approximate surface area is 112 Å². The summed E-state index contributed by atoms with van der Waals surface area (Å²) < 4.78 is 1.87. The average molecular weight is 261 g/mol. The van der Waals surface area contributed by atoms with Crippen molar-refractivity contribution in [3.05, 3.63) is 29.8 Å². The van der Waals surface area contributed by atoms with Crippen molar-refractivity contribution in [1.29, 1.82) is 0 Å². The monoisotopic (exact) mass is 261 g/mol. The SMILES string of the molecule is CCc1c(NN)ncnc1NCCc1ccnn1C. The highest BCUT2D eigenvalue weighted by molar-refractivity contribution is 5.56. The Morgan fingerprint density at radius 3 is 2.74 bits per heavy atom. The number of hydrogen-bond acceptors (Lipinski definition) is 6. The van der Waals surface area contributed by atoms with Crippen LogP contribution in [-0.4, -0.2) is 26.3 Å². The van der Waals surface area contributed by atoms with Crippen LogP contribution < -0.4 is 16.6 Å². The molecule has 102 valence electrons. The molecule has 0 fully saturated rings. The van der Waals surface area contributed by atoms with Gasteiger partial charge in [-0.15, -0.1) is 0 Å². The van der Waals surface area contributed by atoms with Crippen LogP contribution in [0.1, 0.15) is 18.2 Å². The number of nitrogen functional groups attached to an aromatic ring is 1. The smallest absolute Gasteiger partial charge is 0.148 e. The highest BCUT2D eigenvalue weighted by Crippen LogP contribution is 2.19. The van der Waals surface area contributed by atoms with Crippen molar-refractivity contribution in [2.75, 3.05) is 17.3 Å². The zero-order valence-electron chi connectivity index (χ0n) is 11.2. The predicted octanol–water partition coefficient (Wildman–Crippen LogP) is 0.713. The van der Waals surface area contributed by atoms with Gasteiger partial charge in [-0.25, -0.2) is 15.8 Å². The van der Waals surface area contributed by atoms with Gasteiger partial charge in [-0.2, -0.15) is 5.10 Å². The van der Waals surface area contributed by atoms with Crippen molar-refractivity contribution in [3.63, 3.8) is 0 Å². The molecule has 2 aromatic heterocycles. The van der Waals surface area contributed by atoms with Crippen LogP contribution in [0.3, 0.4) is 0 Å². The minimum absolute atomic E-state index is 0.667. The van der Waals surface area contributed by atoms with Gasteiger partial charge in [0.05, 0.1) is 0 Å². The average Bonchev–Trinajstić information content (AvgIpc) is 2.84. The topological polar surface area (TPSA) is 93.7 Å². The maximum atomic E-state index is 5.44. The third-order valence-corrected chi connectivity index (χ3v) is 3.03. The lowest BCUT2D eigenvalue weighted by Crippen LogP contribution is -2.15. The summed E-state index contributed by atoms with van der Waals surface area (Å²) in [6, 6.07) is 2.01. The van der Waals surface area contributed by atoms with E-state index in [9.17, 15) is 0 Å². The molecule has 0 radical (unpaired) electrons. The third-order valence-electron chi connectivity index (χ3n) is 3.03. The van der Waals surface area contributed by atoms with E-state index in [1.165, 1.54) is 12.0 Å². The van der Waals surface area contributed by atoms with Crippen molar-refractivity contribution < 1.29 is 0 Å². The molecule has 4 N–H and O–H groups in total. The van der Waals surface area contributed by atoms with E-state index in [-0.39, 0.29) is 0 Å². The lowest BCUT2D eigenvalue weighted by molar-refractivity contribution is 0.710. The van der Waals surface area contributed by atoms with Gasteiger partial charge in [-0.1, -0.05) is 6.92 Å². The van der Waals surface area contributed by atoms with Crippen LogP contribution in [0.15, 0.2) is 18.6 Å². The number of aromatic nitrogens is 4. The second-order valence-electron chi connectivity index (χ2n) is 4.17. The highest BCUT2D eigenvalue weighted by Gasteiger charge is 2.08. The number of anilines is 2. The number of hydrogen-bond donors (Lipinski definition) is 3. The summed E-state index contributed by atoms with van der Waals surface area (Å²) >= 11 is 0. The molecule has 0 saturated carbocycles. The lowest BCUT2D eigenvalue weighted by Gasteiger charge is -2.12. The second kappa shape index (κ2) is 6.14. The first-order valence-corrected chi connectivity index (χ1v) is 6.27.